The summed E-state index contributed by atoms with van der Waals surface area (Å²) in [6, 6.07) is 35.4. The van der Waals surface area contributed by atoms with Crippen molar-refractivity contribution >= 4 is 17.5 Å². The van der Waals surface area contributed by atoms with Crippen molar-refractivity contribution in [1.29, 1.82) is 0 Å². The first-order valence-corrected chi connectivity index (χ1v) is 18.2. The molecule has 0 unspecified atom stereocenters. The number of hydrogen-bond donors (Lipinski definition) is 3. The van der Waals surface area contributed by atoms with Gasteiger partial charge in [-0.2, -0.15) is 0 Å². The number of nitrogens with zero attached hydrogens (tertiary/aromatic N) is 2. The van der Waals surface area contributed by atoms with Crippen LogP contribution in [-0.4, -0.2) is 51.7 Å². The third-order valence-corrected chi connectivity index (χ3v) is 10.7. The highest BCUT2D eigenvalue weighted by atomic mass is 35.5. The summed E-state index contributed by atoms with van der Waals surface area (Å²) in [6.45, 7) is 4.77. The second-order valence-corrected chi connectivity index (χ2v) is 14.3. The van der Waals surface area contributed by atoms with Crippen LogP contribution in [0.5, 0.6) is 0 Å². The number of likely N-dealkylation sites (tertiary alicyclic amines) is 1. The Morgan fingerprint density at radius 1 is 0.885 bits per heavy atom. The maximum atomic E-state index is 12.5. The number of piperidine rings is 1. The first kappa shape index (κ1) is 36.0. The molecule has 268 valence electrons. The number of amides is 1. The average Bonchev–Trinajstić information content (AvgIpc) is 3.19. The van der Waals surface area contributed by atoms with Gasteiger partial charge in [-0.05, 0) is 76.6 Å². The fraction of sp³-hybridized carbons (Fsp3) is 0.302. The summed E-state index contributed by atoms with van der Waals surface area (Å²) in [4.78, 5) is 19.0. The summed E-state index contributed by atoms with van der Waals surface area (Å²) in [5, 5.41) is 24.8. The van der Waals surface area contributed by atoms with Gasteiger partial charge in [-0.1, -0.05) is 97.4 Å². The number of pyridine rings is 1. The zero-order valence-corrected chi connectivity index (χ0v) is 30.0. The number of hydrogen-bond acceptors (Lipinski definition) is 7. The van der Waals surface area contributed by atoms with Crippen LogP contribution in [-0.2, 0) is 28.2 Å². The summed E-state index contributed by atoms with van der Waals surface area (Å²) in [6.07, 6.45) is 3.53. The van der Waals surface area contributed by atoms with E-state index in [9.17, 15) is 15.0 Å². The van der Waals surface area contributed by atoms with Crippen LogP contribution in [0.3, 0.4) is 0 Å². The van der Waals surface area contributed by atoms with E-state index >= 15 is 0 Å². The van der Waals surface area contributed by atoms with Crippen LogP contribution in [0.25, 0.3) is 11.1 Å². The van der Waals surface area contributed by atoms with Crippen LogP contribution in [0.15, 0.2) is 122 Å². The number of ether oxygens (including phenoxy) is 2. The number of aliphatic hydroxyl groups excluding tert-OH is 1. The van der Waals surface area contributed by atoms with Crippen molar-refractivity contribution < 1.29 is 24.5 Å². The van der Waals surface area contributed by atoms with Gasteiger partial charge in [0.1, 0.15) is 0 Å². The van der Waals surface area contributed by atoms with E-state index in [4.69, 9.17) is 21.1 Å². The van der Waals surface area contributed by atoms with Gasteiger partial charge >= 0.3 is 0 Å². The van der Waals surface area contributed by atoms with Crippen LogP contribution in [0.4, 0.5) is 0 Å². The van der Waals surface area contributed by atoms with Gasteiger partial charge in [0.15, 0.2) is 6.29 Å². The molecule has 7 rings (SSSR count). The average molecular weight is 718 g/mol. The molecule has 2 fully saturated rings. The van der Waals surface area contributed by atoms with Crippen LogP contribution >= 0.6 is 11.6 Å². The number of aromatic nitrogens is 1. The van der Waals surface area contributed by atoms with Crippen LogP contribution in [0.1, 0.15) is 70.3 Å². The molecule has 9 heteroatoms. The molecule has 0 spiro atoms. The molecule has 1 aromatic heterocycles. The molecule has 2 aliphatic rings. The molecule has 0 saturated carbocycles. The number of carbonyl (C=O) groups excluding carboxylic acids is 1. The third-order valence-electron chi connectivity index (χ3n) is 10.4. The molecular weight excluding hydrogens is 674 g/mol. The Bertz CT molecular complexity index is 1930. The first-order valence-electron chi connectivity index (χ1n) is 17.9. The molecule has 0 radical (unpaired) electrons. The van der Waals surface area contributed by atoms with Crippen LogP contribution in [0, 0.1) is 5.92 Å². The van der Waals surface area contributed by atoms with Gasteiger partial charge in [0.2, 0.25) is 0 Å². The van der Waals surface area contributed by atoms with Gasteiger partial charge in [0, 0.05) is 55.1 Å². The molecule has 2 aliphatic heterocycles. The van der Waals surface area contributed by atoms with Crippen molar-refractivity contribution in [2.75, 3.05) is 19.6 Å². The quantitative estimate of drug-likeness (QED) is 0.137. The highest BCUT2D eigenvalue weighted by molar-refractivity contribution is 6.30. The van der Waals surface area contributed by atoms with Crippen LogP contribution < -0.4 is 5.32 Å². The molecular formula is C43H44ClN3O5. The number of benzene rings is 4. The highest BCUT2D eigenvalue weighted by Gasteiger charge is 2.41. The lowest BCUT2D eigenvalue weighted by Crippen LogP contribution is -2.49. The summed E-state index contributed by atoms with van der Waals surface area (Å²) < 4.78 is 13.5. The molecule has 5 aromatic rings. The van der Waals surface area contributed by atoms with E-state index in [-0.39, 0.29) is 30.6 Å². The lowest BCUT2D eigenvalue weighted by atomic mass is 9.84. The van der Waals surface area contributed by atoms with Crippen molar-refractivity contribution in [2.24, 2.45) is 5.92 Å². The van der Waals surface area contributed by atoms with Gasteiger partial charge in [0.25, 0.3) is 5.91 Å². The molecule has 0 bridgehead atoms. The maximum Gasteiger partial charge on any atom is 0.253 e. The van der Waals surface area contributed by atoms with Crippen molar-refractivity contribution in [3.05, 3.63) is 160 Å². The van der Waals surface area contributed by atoms with Gasteiger partial charge in [-0.3, -0.25) is 9.78 Å². The minimum Gasteiger partial charge on any atom is -0.392 e. The number of rotatable bonds is 10. The minimum atomic E-state index is -0.877. The first-order chi connectivity index (χ1) is 25.3. The Balaban J connectivity index is 1.05. The number of nitrogens with one attached hydrogen (secondary N) is 1. The topological polar surface area (TPSA) is 104 Å². The van der Waals surface area contributed by atoms with Gasteiger partial charge in [-0.25, -0.2) is 0 Å². The smallest absolute Gasteiger partial charge is 0.253 e. The van der Waals surface area contributed by atoms with E-state index in [0.717, 1.165) is 52.0 Å². The molecule has 2 saturated heterocycles. The molecule has 3 N–H and O–H groups in total. The molecule has 8 nitrogen and oxygen atoms in total. The molecule has 4 atom stereocenters. The van der Waals surface area contributed by atoms with E-state index in [1.807, 2.05) is 60.7 Å². The normalized spacial score (nSPS) is 21.8. The molecule has 0 aliphatic carbocycles. The van der Waals surface area contributed by atoms with E-state index in [0.29, 0.717) is 36.5 Å². The number of carbonyl (C=O) groups is 1. The van der Waals surface area contributed by atoms with Gasteiger partial charge in [0.05, 0.1) is 30.0 Å². The fourth-order valence-electron chi connectivity index (χ4n) is 7.21. The van der Waals surface area contributed by atoms with E-state index in [2.05, 4.69) is 58.5 Å². The predicted octanol–water partition coefficient (Wildman–Crippen LogP) is 7.60. The van der Waals surface area contributed by atoms with Crippen molar-refractivity contribution in [3.63, 3.8) is 0 Å². The van der Waals surface area contributed by atoms with Crippen molar-refractivity contribution in [1.82, 2.24) is 15.2 Å². The Morgan fingerprint density at radius 2 is 1.62 bits per heavy atom. The molecule has 4 aromatic carbocycles. The van der Waals surface area contributed by atoms with Gasteiger partial charge < -0.3 is 29.9 Å². The van der Waals surface area contributed by atoms with Crippen molar-refractivity contribution in [2.45, 2.75) is 57.0 Å². The predicted molar refractivity (Wildman–Crippen MR) is 201 cm³/mol. The largest absolute Gasteiger partial charge is 0.392 e. The fourth-order valence-corrected chi connectivity index (χ4v) is 7.34. The van der Waals surface area contributed by atoms with E-state index in [1.54, 1.807) is 24.5 Å². The van der Waals surface area contributed by atoms with E-state index < -0.39 is 11.9 Å². The van der Waals surface area contributed by atoms with Crippen molar-refractivity contribution in [3.8, 4) is 11.1 Å². The molecule has 1 amide bonds. The number of halogens is 1. The third kappa shape index (κ3) is 8.29. The van der Waals surface area contributed by atoms with Gasteiger partial charge in [-0.15, -0.1) is 0 Å². The molecule has 3 heterocycles. The monoisotopic (exact) mass is 717 g/mol. The second kappa shape index (κ2) is 16.1. The second-order valence-electron chi connectivity index (χ2n) is 13.9. The lowest BCUT2D eigenvalue weighted by molar-refractivity contribution is -0.277. The minimum absolute atomic E-state index is 0.0116. The standard InChI is InChI=1S/C43H44ClN3O5/c1-29-39(27-47-22-19-43(50,20-23-47)37-15-17-38(44)18-16-37)51-42(52-40(29)33-9-7-30(28-48)8-10-33)34-13-11-32(12-14-34)35-5-2-4-31(24-35)25-46-41(49)36-6-3-21-45-26-36/h2-18,21,24,26,29,39-40,42,48,50H,19-20,22-23,25,27-28H2,1H3,(H,46,49)/t29-,39+,40+,42+/m1/s1. The Labute approximate surface area is 310 Å². The zero-order valence-electron chi connectivity index (χ0n) is 29.2. The van der Waals surface area contributed by atoms with Crippen LogP contribution in [0.2, 0.25) is 5.02 Å². The maximum absolute atomic E-state index is 12.5. The number of aliphatic hydroxyl groups is 2. The zero-order chi connectivity index (χ0) is 36.1. The summed E-state index contributed by atoms with van der Waals surface area (Å²) >= 11 is 6.11. The lowest BCUT2D eigenvalue weighted by Gasteiger charge is -2.45. The Kier molecular flexibility index (Phi) is 11.1. The highest BCUT2D eigenvalue weighted by Crippen LogP contribution is 2.43. The summed E-state index contributed by atoms with van der Waals surface area (Å²) in [5.74, 6) is -0.112. The Hall–Kier alpha value is -4.41. The summed E-state index contributed by atoms with van der Waals surface area (Å²) in [7, 11) is 0. The van der Waals surface area contributed by atoms with E-state index in [1.165, 1.54) is 0 Å². The SMILES string of the molecule is C[C@@H]1[C@H](CN2CCC(O)(c3ccc(Cl)cc3)CC2)O[C@H](c2ccc(-c3cccc(CNC(=O)c4cccnc4)c3)cc2)O[C@@H]1c1ccc(CO)cc1. The summed E-state index contributed by atoms with van der Waals surface area (Å²) in [5.41, 5.74) is 6.46. The Morgan fingerprint density at radius 3 is 2.31 bits per heavy atom. The molecule has 52 heavy (non-hydrogen) atoms.